The average Bonchev–Trinajstić information content (AvgIpc) is 2.68. The molecular weight excluding hydrogens is 270 g/mol. The lowest BCUT2D eigenvalue weighted by molar-refractivity contribution is -0.151. The van der Waals surface area contributed by atoms with E-state index >= 15 is 0 Å². The predicted octanol–water partition coefficient (Wildman–Crippen LogP) is 2.74. The first-order valence-electron chi connectivity index (χ1n) is 5.57. The number of rotatable bonds is 2. The summed E-state index contributed by atoms with van der Waals surface area (Å²) in [6.07, 6.45) is -0.192. The van der Waals surface area contributed by atoms with Crippen molar-refractivity contribution in [1.82, 2.24) is 0 Å². The summed E-state index contributed by atoms with van der Waals surface area (Å²) in [5, 5.41) is 0.428. The van der Waals surface area contributed by atoms with E-state index in [0.29, 0.717) is 16.3 Å². The molecule has 0 aromatic heterocycles. The van der Waals surface area contributed by atoms with E-state index in [0.717, 1.165) is 0 Å². The number of carbonyl (C=O) groups is 2. The number of ether oxygens (including phenoxy) is 2. The fraction of sp³-hybridized carbons (Fsp3) is 0.231. The minimum Gasteiger partial charge on any atom is -0.418 e. The monoisotopic (exact) mass is 281 g/mol. The van der Waals surface area contributed by atoms with Gasteiger partial charge in [-0.05, 0) is 19.1 Å². The lowest BCUT2D eigenvalue weighted by atomic mass is 10.3. The van der Waals surface area contributed by atoms with Crippen molar-refractivity contribution in [3.05, 3.63) is 40.9 Å². The molecule has 0 bridgehead atoms. The Labute approximate surface area is 115 Å². The maximum absolute atomic E-state index is 11.9. The number of amides is 1. The van der Waals surface area contributed by atoms with E-state index in [1.54, 1.807) is 31.2 Å². The number of halogens is 1. The van der Waals surface area contributed by atoms with E-state index in [2.05, 4.69) is 0 Å². The fourth-order valence-electron chi connectivity index (χ4n) is 1.56. The third-order valence-electron chi connectivity index (χ3n) is 2.64. The second kappa shape index (κ2) is 5.32. The SMILES string of the molecule is CC1=CC(OC(=O)N(C)c2ccccc2Cl)OC1=O. The zero-order valence-electron chi connectivity index (χ0n) is 10.4. The number of esters is 1. The molecule has 0 fully saturated rings. The molecule has 0 radical (unpaired) electrons. The van der Waals surface area contributed by atoms with Crippen molar-refractivity contribution in [1.29, 1.82) is 0 Å². The fourth-order valence-corrected chi connectivity index (χ4v) is 1.83. The minimum absolute atomic E-state index is 0.415. The van der Waals surface area contributed by atoms with Crippen LogP contribution in [0.15, 0.2) is 35.9 Å². The Morgan fingerprint density at radius 3 is 2.68 bits per heavy atom. The van der Waals surface area contributed by atoms with Gasteiger partial charge in [-0.2, -0.15) is 0 Å². The van der Waals surface area contributed by atoms with E-state index in [9.17, 15) is 9.59 Å². The van der Waals surface area contributed by atoms with Gasteiger partial charge in [0.1, 0.15) is 0 Å². The van der Waals surface area contributed by atoms with Crippen LogP contribution in [-0.2, 0) is 14.3 Å². The second-order valence-electron chi connectivity index (χ2n) is 4.02. The summed E-state index contributed by atoms with van der Waals surface area (Å²) in [4.78, 5) is 24.3. The van der Waals surface area contributed by atoms with Gasteiger partial charge in [0.2, 0.25) is 0 Å². The van der Waals surface area contributed by atoms with Crippen molar-refractivity contribution < 1.29 is 19.1 Å². The molecule has 0 aliphatic carbocycles. The van der Waals surface area contributed by atoms with Gasteiger partial charge in [-0.1, -0.05) is 23.7 Å². The molecule has 0 saturated heterocycles. The Morgan fingerprint density at radius 1 is 1.42 bits per heavy atom. The zero-order valence-corrected chi connectivity index (χ0v) is 11.2. The molecule has 1 aromatic carbocycles. The van der Waals surface area contributed by atoms with Gasteiger partial charge in [0.15, 0.2) is 0 Å². The number of para-hydroxylation sites is 1. The predicted molar refractivity (Wildman–Crippen MR) is 70.0 cm³/mol. The van der Waals surface area contributed by atoms with Gasteiger partial charge in [-0.3, -0.25) is 4.90 Å². The van der Waals surface area contributed by atoms with E-state index < -0.39 is 18.4 Å². The Hall–Kier alpha value is -2.01. The minimum atomic E-state index is -0.982. The maximum atomic E-state index is 11.9. The van der Waals surface area contributed by atoms with Crippen molar-refractivity contribution in [2.75, 3.05) is 11.9 Å². The molecule has 100 valence electrons. The molecule has 1 heterocycles. The maximum Gasteiger partial charge on any atom is 0.417 e. The summed E-state index contributed by atoms with van der Waals surface area (Å²) in [5.74, 6) is -0.488. The van der Waals surface area contributed by atoms with Crippen LogP contribution in [-0.4, -0.2) is 25.4 Å². The molecule has 0 N–H and O–H groups in total. The van der Waals surface area contributed by atoms with Crippen LogP contribution in [0, 0.1) is 0 Å². The van der Waals surface area contributed by atoms with Crippen LogP contribution in [0.2, 0.25) is 5.02 Å². The summed E-state index contributed by atoms with van der Waals surface area (Å²) in [6.45, 7) is 1.59. The van der Waals surface area contributed by atoms with Crippen LogP contribution in [0.1, 0.15) is 6.92 Å². The van der Waals surface area contributed by atoms with Crippen molar-refractivity contribution in [2.45, 2.75) is 13.2 Å². The van der Waals surface area contributed by atoms with Crippen molar-refractivity contribution in [3.63, 3.8) is 0 Å². The van der Waals surface area contributed by atoms with Gasteiger partial charge in [0.25, 0.3) is 6.29 Å². The van der Waals surface area contributed by atoms with Gasteiger partial charge < -0.3 is 9.47 Å². The van der Waals surface area contributed by atoms with E-state index in [1.165, 1.54) is 18.0 Å². The quantitative estimate of drug-likeness (QED) is 0.782. The van der Waals surface area contributed by atoms with E-state index in [4.69, 9.17) is 21.1 Å². The molecule has 6 heteroatoms. The highest BCUT2D eigenvalue weighted by Crippen LogP contribution is 2.25. The first kappa shape index (κ1) is 13.4. The van der Waals surface area contributed by atoms with Crippen LogP contribution < -0.4 is 4.90 Å². The Kier molecular flexibility index (Phi) is 3.76. The number of hydrogen-bond acceptors (Lipinski definition) is 4. The zero-order chi connectivity index (χ0) is 14.0. The molecule has 1 atom stereocenters. The number of cyclic esters (lactones) is 1. The second-order valence-corrected chi connectivity index (χ2v) is 4.42. The van der Waals surface area contributed by atoms with Gasteiger partial charge in [-0.25, -0.2) is 9.59 Å². The summed E-state index contributed by atoms with van der Waals surface area (Å²) < 4.78 is 9.86. The summed E-state index contributed by atoms with van der Waals surface area (Å²) in [5.41, 5.74) is 0.928. The van der Waals surface area contributed by atoms with Gasteiger partial charge >= 0.3 is 12.1 Å². The average molecular weight is 282 g/mol. The molecule has 1 unspecified atom stereocenters. The number of hydrogen-bond donors (Lipinski definition) is 0. The molecule has 1 aromatic rings. The smallest absolute Gasteiger partial charge is 0.417 e. The molecule has 2 rings (SSSR count). The van der Waals surface area contributed by atoms with Crippen LogP contribution in [0.5, 0.6) is 0 Å². The van der Waals surface area contributed by atoms with E-state index in [-0.39, 0.29) is 0 Å². The first-order valence-corrected chi connectivity index (χ1v) is 5.95. The summed E-state index contributed by atoms with van der Waals surface area (Å²) >= 11 is 5.98. The highest BCUT2D eigenvalue weighted by Gasteiger charge is 2.27. The molecule has 1 aliphatic heterocycles. The number of anilines is 1. The van der Waals surface area contributed by atoms with Crippen molar-refractivity contribution in [3.8, 4) is 0 Å². The number of nitrogens with zero attached hydrogens (tertiary/aromatic N) is 1. The summed E-state index contributed by atoms with van der Waals surface area (Å²) in [7, 11) is 1.52. The lowest BCUT2D eigenvalue weighted by Gasteiger charge is -2.19. The molecule has 19 heavy (non-hydrogen) atoms. The molecule has 1 amide bonds. The highest BCUT2D eigenvalue weighted by atomic mass is 35.5. The standard InChI is InChI=1S/C13H12ClNO4/c1-8-7-11(18-12(8)16)19-13(17)15(2)10-6-4-3-5-9(10)14/h3-7,11H,1-2H3. The Morgan fingerprint density at radius 2 is 2.11 bits per heavy atom. The lowest BCUT2D eigenvalue weighted by Crippen LogP contribution is -2.31. The molecule has 0 spiro atoms. The van der Waals surface area contributed by atoms with Crippen LogP contribution >= 0.6 is 11.6 Å². The van der Waals surface area contributed by atoms with Gasteiger partial charge in [0.05, 0.1) is 10.7 Å². The third kappa shape index (κ3) is 2.88. The third-order valence-corrected chi connectivity index (χ3v) is 2.96. The van der Waals surface area contributed by atoms with Gasteiger partial charge in [-0.15, -0.1) is 0 Å². The number of carbonyl (C=O) groups excluding carboxylic acids is 2. The van der Waals surface area contributed by atoms with Crippen LogP contribution in [0.25, 0.3) is 0 Å². The van der Waals surface area contributed by atoms with Crippen molar-refractivity contribution >= 4 is 29.4 Å². The molecule has 5 nitrogen and oxygen atoms in total. The Bertz CT molecular complexity index is 555. The molecular formula is C13H12ClNO4. The normalized spacial score (nSPS) is 17.7. The number of benzene rings is 1. The summed E-state index contributed by atoms with van der Waals surface area (Å²) in [6, 6.07) is 6.87. The topological polar surface area (TPSA) is 55.8 Å². The largest absolute Gasteiger partial charge is 0.418 e. The first-order chi connectivity index (χ1) is 8.99. The Balaban J connectivity index is 2.05. The molecule has 1 aliphatic rings. The van der Waals surface area contributed by atoms with E-state index in [1.807, 2.05) is 0 Å². The van der Waals surface area contributed by atoms with Crippen LogP contribution in [0.3, 0.4) is 0 Å². The highest BCUT2D eigenvalue weighted by molar-refractivity contribution is 6.33. The van der Waals surface area contributed by atoms with Crippen LogP contribution in [0.4, 0.5) is 10.5 Å². The van der Waals surface area contributed by atoms with Crippen molar-refractivity contribution in [2.24, 2.45) is 0 Å². The van der Waals surface area contributed by atoms with Gasteiger partial charge in [0, 0.05) is 18.7 Å². The molecule has 0 saturated carbocycles.